The van der Waals surface area contributed by atoms with Gasteiger partial charge in [-0.3, -0.25) is 14.7 Å². The van der Waals surface area contributed by atoms with Gasteiger partial charge in [0.2, 0.25) is 5.91 Å². The molecule has 0 spiro atoms. The topological polar surface area (TPSA) is 56.7 Å². The highest BCUT2D eigenvalue weighted by molar-refractivity contribution is 5.73. The molecular formula is C18H27N3O2. The molecule has 3 rings (SSSR count). The van der Waals surface area contributed by atoms with Gasteiger partial charge in [0, 0.05) is 50.5 Å². The third-order valence-electron chi connectivity index (χ3n) is 5.56. The third-order valence-corrected chi connectivity index (χ3v) is 5.56. The first kappa shape index (κ1) is 16.4. The van der Waals surface area contributed by atoms with Crippen molar-refractivity contribution in [2.75, 3.05) is 19.7 Å². The van der Waals surface area contributed by atoms with E-state index in [9.17, 15) is 9.90 Å². The Morgan fingerprint density at radius 1 is 1.48 bits per heavy atom. The van der Waals surface area contributed by atoms with Crippen LogP contribution in [0, 0.1) is 12.8 Å². The molecule has 0 aliphatic carbocycles. The molecule has 1 N–H and O–H groups in total. The van der Waals surface area contributed by atoms with E-state index < -0.39 is 0 Å². The summed E-state index contributed by atoms with van der Waals surface area (Å²) in [6.45, 7) is 8.45. The number of hydrogen-bond donors (Lipinski definition) is 1. The predicted octanol–water partition coefficient (Wildman–Crippen LogP) is 1.58. The zero-order valence-electron chi connectivity index (χ0n) is 14.3. The van der Waals surface area contributed by atoms with Crippen LogP contribution in [0.5, 0.6) is 0 Å². The lowest BCUT2D eigenvalue weighted by atomic mass is 9.89. The zero-order chi connectivity index (χ0) is 16.6. The lowest BCUT2D eigenvalue weighted by Crippen LogP contribution is -2.51. The first-order valence-corrected chi connectivity index (χ1v) is 8.46. The minimum absolute atomic E-state index is 0.152. The van der Waals surface area contributed by atoms with Crippen LogP contribution in [0.25, 0.3) is 0 Å². The Hall–Kier alpha value is -1.46. The Morgan fingerprint density at radius 2 is 2.26 bits per heavy atom. The summed E-state index contributed by atoms with van der Waals surface area (Å²) in [4.78, 5) is 20.4. The van der Waals surface area contributed by atoms with E-state index in [2.05, 4.69) is 29.8 Å². The Bertz CT molecular complexity index is 591. The van der Waals surface area contributed by atoms with Gasteiger partial charge < -0.3 is 10.0 Å². The van der Waals surface area contributed by atoms with Crippen LogP contribution in [0.15, 0.2) is 18.5 Å². The Balaban J connectivity index is 1.81. The van der Waals surface area contributed by atoms with Crippen molar-refractivity contribution in [3.05, 3.63) is 29.6 Å². The molecule has 2 fully saturated rings. The molecule has 5 heteroatoms. The molecule has 3 atom stereocenters. The molecule has 3 heterocycles. The number of aromatic nitrogens is 1. The van der Waals surface area contributed by atoms with Crippen LogP contribution in [0.4, 0.5) is 0 Å². The zero-order valence-corrected chi connectivity index (χ0v) is 14.3. The summed E-state index contributed by atoms with van der Waals surface area (Å²) in [5, 5.41) is 10.0. The van der Waals surface area contributed by atoms with Crippen LogP contribution in [-0.2, 0) is 11.3 Å². The fourth-order valence-corrected chi connectivity index (χ4v) is 4.36. The van der Waals surface area contributed by atoms with Gasteiger partial charge in [-0.25, -0.2) is 0 Å². The third kappa shape index (κ3) is 3.12. The summed E-state index contributed by atoms with van der Waals surface area (Å²) in [6, 6.07) is 2.60. The van der Waals surface area contributed by atoms with Crippen molar-refractivity contribution in [1.29, 1.82) is 0 Å². The minimum atomic E-state index is -0.216. The molecule has 0 unspecified atom stereocenters. The molecule has 5 nitrogen and oxygen atoms in total. The number of rotatable bonds is 3. The van der Waals surface area contributed by atoms with Crippen molar-refractivity contribution >= 4 is 5.91 Å². The number of piperidine rings is 1. The van der Waals surface area contributed by atoms with Crippen LogP contribution >= 0.6 is 0 Å². The van der Waals surface area contributed by atoms with Gasteiger partial charge in [-0.15, -0.1) is 0 Å². The van der Waals surface area contributed by atoms with Gasteiger partial charge in [-0.05, 0) is 43.7 Å². The van der Waals surface area contributed by atoms with Crippen LogP contribution in [0.2, 0.25) is 0 Å². The quantitative estimate of drug-likeness (QED) is 0.920. The molecule has 1 aromatic heterocycles. The molecule has 0 saturated carbocycles. The number of carbonyl (C=O) groups excluding carboxylic acids is 1. The predicted molar refractivity (Wildman–Crippen MR) is 88.8 cm³/mol. The molecule has 0 radical (unpaired) electrons. The van der Waals surface area contributed by atoms with Crippen molar-refractivity contribution in [3.63, 3.8) is 0 Å². The highest BCUT2D eigenvalue weighted by atomic mass is 16.3. The minimum Gasteiger partial charge on any atom is -0.394 e. The van der Waals surface area contributed by atoms with Crippen LogP contribution in [0.3, 0.4) is 0 Å². The van der Waals surface area contributed by atoms with Crippen molar-refractivity contribution < 1.29 is 9.90 Å². The highest BCUT2D eigenvalue weighted by Crippen LogP contribution is 2.42. The second-order valence-corrected chi connectivity index (χ2v) is 7.44. The van der Waals surface area contributed by atoms with Gasteiger partial charge in [0.1, 0.15) is 0 Å². The number of nitrogens with zero attached hydrogens (tertiary/aromatic N) is 3. The summed E-state index contributed by atoms with van der Waals surface area (Å²) >= 11 is 0. The second-order valence-electron chi connectivity index (χ2n) is 7.44. The summed E-state index contributed by atoms with van der Waals surface area (Å²) in [6.07, 6.45) is 5.71. The van der Waals surface area contributed by atoms with E-state index >= 15 is 0 Å². The molecule has 1 amide bonds. The second kappa shape index (κ2) is 6.21. The van der Waals surface area contributed by atoms with E-state index in [1.807, 2.05) is 17.3 Å². The van der Waals surface area contributed by atoms with Crippen molar-refractivity contribution in [1.82, 2.24) is 14.8 Å². The first-order valence-electron chi connectivity index (χ1n) is 8.46. The van der Waals surface area contributed by atoms with Gasteiger partial charge in [-0.1, -0.05) is 6.07 Å². The van der Waals surface area contributed by atoms with E-state index in [1.165, 1.54) is 5.56 Å². The van der Waals surface area contributed by atoms with Gasteiger partial charge in [-0.2, -0.15) is 0 Å². The van der Waals surface area contributed by atoms with Crippen LogP contribution in [-0.4, -0.2) is 57.1 Å². The van der Waals surface area contributed by atoms with Crippen molar-refractivity contribution in [2.45, 2.75) is 51.7 Å². The standard InChI is InChI=1S/C18H27N3O2/c1-13-6-15(9-19-8-13)10-21-17-4-5-20(14(2)23)11-16(17)7-18(21,3)12-22/h6,8-9,16-17,22H,4-5,7,10-12H2,1-3H3/t16-,17-,18+/m0/s1. The maximum absolute atomic E-state index is 11.7. The number of carbonyl (C=O) groups is 1. The first-order chi connectivity index (χ1) is 10.9. The van der Waals surface area contributed by atoms with Gasteiger partial charge >= 0.3 is 0 Å². The van der Waals surface area contributed by atoms with E-state index in [0.29, 0.717) is 12.0 Å². The van der Waals surface area contributed by atoms with E-state index in [1.54, 1.807) is 6.92 Å². The Morgan fingerprint density at radius 3 is 2.91 bits per heavy atom. The molecule has 0 aromatic carbocycles. The molecule has 0 bridgehead atoms. The Kier molecular flexibility index (Phi) is 4.43. The monoisotopic (exact) mass is 317 g/mol. The Labute approximate surface area is 138 Å². The number of pyridine rings is 1. The summed E-state index contributed by atoms with van der Waals surface area (Å²) in [7, 11) is 0. The smallest absolute Gasteiger partial charge is 0.219 e. The molecule has 2 aliphatic heterocycles. The lowest BCUT2D eigenvalue weighted by molar-refractivity contribution is -0.131. The van der Waals surface area contributed by atoms with Crippen LogP contribution < -0.4 is 0 Å². The molecule has 126 valence electrons. The maximum atomic E-state index is 11.7. The molecule has 1 aromatic rings. The number of likely N-dealkylation sites (tertiary alicyclic amines) is 2. The molecular weight excluding hydrogens is 290 g/mol. The highest BCUT2D eigenvalue weighted by Gasteiger charge is 2.50. The normalized spacial score (nSPS) is 31.2. The van der Waals surface area contributed by atoms with E-state index in [0.717, 1.165) is 38.0 Å². The maximum Gasteiger partial charge on any atom is 0.219 e. The fraction of sp³-hybridized carbons (Fsp3) is 0.667. The number of hydrogen-bond acceptors (Lipinski definition) is 4. The molecule has 23 heavy (non-hydrogen) atoms. The summed E-state index contributed by atoms with van der Waals surface area (Å²) in [5.41, 5.74) is 2.14. The van der Waals surface area contributed by atoms with Crippen molar-refractivity contribution in [2.24, 2.45) is 5.92 Å². The fourth-order valence-electron chi connectivity index (χ4n) is 4.36. The summed E-state index contributed by atoms with van der Waals surface area (Å²) in [5.74, 6) is 0.609. The van der Waals surface area contributed by atoms with Gasteiger partial charge in [0.05, 0.1) is 6.61 Å². The average Bonchev–Trinajstić information content (AvgIpc) is 2.79. The van der Waals surface area contributed by atoms with E-state index in [4.69, 9.17) is 0 Å². The van der Waals surface area contributed by atoms with E-state index in [-0.39, 0.29) is 18.1 Å². The number of amides is 1. The van der Waals surface area contributed by atoms with Crippen LogP contribution in [0.1, 0.15) is 37.8 Å². The van der Waals surface area contributed by atoms with Gasteiger partial charge in [0.25, 0.3) is 0 Å². The lowest BCUT2D eigenvalue weighted by Gasteiger charge is -2.40. The average molecular weight is 317 g/mol. The van der Waals surface area contributed by atoms with Crippen molar-refractivity contribution in [3.8, 4) is 0 Å². The number of aliphatic hydroxyl groups excluding tert-OH is 1. The molecule has 2 saturated heterocycles. The largest absolute Gasteiger partial charge is 0.394 e. The SMILES string of the molecule is CC(=O)N1CC[C@H]2[C@H](C1)C[C@](C)(CO)N2Cc1cncc(C)c1. The molecule has 2 aliphatic rings. The summed E-state index contributed by atoms with van der Waals surface area (Å²) < 4.78 is 0. The number of aryl methyl sites for hydroxylation is 1. The van der Waals surface area contributed by atoms with Gasteiger partial charge in [0.15, 0.2) is 0 Å². The number of fused-ring (bicyclic) bond motifs is 1. The number of aliphatic hydroxyl groups is 1.